The van der Waals surface area contributed by atoms with Gasteiger partial charge in [0.2, 0.25) is 0 Å². The van der Waals surface area contributed by atoms with E-state index >= 15 is 0 Å². The number of rotatable bonds is 6. The van der Waals surface area contributed by atoms with Crippen LogP contribution >= 0.6 is 0 Å². The Balaban J connectivity index is 1.54. The third-order valence-corrected chi connectivity index (χ3v) is 4.88. The minimum atomic E-state index is -0.761. The molecule has 0 unspecified atom stereocenters. The van der Waals surface area contributed by atoms with Crippen LogP contribution in [0.5, 0.6) is 5.75 Å². The van der Waals surface area contributed by atoms with Gasteiger partial charge in [0.1, 0.15) is 5.75 Å². The summed E-state index contributed by atoms with van der Waals surface area (Å²) in [6.07, 6.45) is 0. The second-order valence-electron chi connectivity index (χ2n) is 6.74. The number of methoxy groups -OCH3 is 1. The lowest BCUT2D eigenvalue weighted by Gasteiger charge is -2.16. The Morgan fingerprint density at radius 3 is 2.23 bits per heavy atom. The number of amides is 2. The molecule has 0 aromatic heterocycles. The smallest absolute Gasteiger partial charge is 0.338 e. The van der Waals surface area contributed by atoms with Gasteiger partial charge in [0.15, 0.2) is 12.4 Å². The topological polar surface area (TPSA) is 90.0 Å². The average Bonchev–Trinajstić information content (AvgIpc) is 3.07. The van der Waals surface area contributed by atoms with Crippen molar-refractivity contribution < 1.29 is 28.7 Å². The van der Waals surface area contributed by atoms with Crippen molar-refractivity contribution in [2.75, 3.05) is 18.6 Å². The van der Waals surface area contributed by atoms with Gasteiger partial charge >= 0.3 is 5.97 Å². The number of imide groups is 1. The number of ketones is 1. The van der Waals surface area contributed by atoms with E-state index in [2.05, 4.69) is 0 Å². The zero-order chi connectivity index (χ0) is 22.0. The van der Waals surface area contributed by atoms with Crippen molar-refractivity contribution >= 4 is 29.3 Å². The number of para-hydroxylation sites is 2. The molecule has 3 aromatic carbocycles. The Morgan fingerprint density at radius 1 is 0.806 bits per heavy atom. The van der Waals surface area contributed by atoms with E-state index in [1.54, 1.807) is 54.6 Å². The molecule has 0 fully saturated rings. The first-order chi connectivity index (χ1) is 15.0. The van der Waals surface area contributed by atoms with Crippen LogP contribution in [-0.2, 0) is 4.74 Å². The minimum absolute atomic E-state index is 0.0719. The molecule has 1 aliphatic rings. The second-order valence-corrected chi connectivity index (χ2v) is 6.74. The lowest BCUT2D eigenvalue weighted by Crippen LogP contribution is -2.29. The molecule has 31 heavy (non-hydrogen) atoms. The monoisotopic (exact) mass is 415 g/mol. The molecule has 7 nitrogen and oxygen atoms in total. The van der Waals surface area contributed by atoms with Crippen LogP contribution < -0.4 is 9.64 Å². The molecule has 0 atom stereocenters. The second kappa shape index (κ2) is 8.23. The summed E-state index contributed by atoms with van der Waals surface area (Å²) in [6, 6.07) is 19.2. The number of hydrogen-bond acceptors (Lipinski definition) is 6. The van der Waals surface area contributed by atoms with Gasteiger partial charge in [0, 0.05) is 5.56 Å². The lowest BCUT2D eigenvalue weighted by atomic mass is 10.1. The first-order valence-corrected chi connectivity index (χ1v) is 9.42. The number of carbonyl (C=O) groups excluding carboxylic acids is 4. The number of anilines is 1. The van der Waals surface area contributed by atoms with Crippen LogP contribution in [0, 0.1) is 0 Å². The van der Waals surface area contributed by atoms with E-state index in [0.717, 1.165) is 4.90 Å². The maximum Gasteiger partial charge on any atom is 0.338 e. The molecule has 1 aliphatic heterocycles. The number of hydrogen-bond donors (Lipinski definition) is 0. The van der Waals surface area contributed by atoms with Gasteiger partial charge in [0.05, 0.1) is 29.5 Å². The standard InChI is InChI=1S/C24H17NO6/c1-30-21-10-6-5-9-19(21)25-22(27)17-12-11-16(13-18(17)23(25)28)24(29)31-14-20(26)15-7-3-2-4-8-15/h2-13H,14H2,1H3. The fourth-order valence-corrected chi connectivity index (χ4v) is 3.32. The summed E-state index contributed by atoms with van der Waals surface area (Å²) >= 11 is 0. The summed E-state index contributed by atoms with van der Waals surface area (Å²) < 4.78 is 10.3. The molecule has 1 heterocycles. The summed E-state index contributed by atoms with van der Waals surface area (Å²) in [7, 11) is 1.45. The van der Waals surface area contributed by atoms with Crippen molar-refractivity contribution in [3.63, 3.8) is 0 Å². The molecular weight excluding hydrogens is 398 g/mol. The molecule has 0 spiro atoms. The first-order valence-electron chi connectivity index (χ1n) is 9.42. The van der Waals surface area contributed by atoms with Crippen molar-refractivity contribution in [1.29, 1.82) is 0 Å². The lowest BCUT2D eigenvalue weighted by molar-refractivity contribution is 0.0474. The van der Waals surface area contributed by atoms with E-state index in [1.165, 1.54) is 25.3 Å². The number of benzene rings is 3. The molecule has 0 bridgehead atoms. The van der Waals surface area contributed by atoms with E-state index in [1.807, 2.05) is 0 Å². The number of ether oxygens (including phenoxy) is 2. The molecule has 3 aromatic rings. The van der Waals surface area contributed by atoms with Crippen molar-refractivity contribution in [1.82, 2.24) is 0 Å². The van der Waals surface area contributed by atoms with Crippen molar-refractivity contribution in [2.45, 2.75) is 0 Å². The summed E-state index contributed by atoms with van der Waals surface area (Å²) in [5.74, 6) is -1.81. The molecular formula is C24H17NO6. The number of carbonyl (C=O) groups is 4. The number of esters is 1. The van der Waals surface area contributed by atoms with Crippen LogP contribution in [0.3, 0.4) is 0 Å². The zero-order valence-electron chi connectivity index (χ0n) is 16.5. The SMILES string of the molecule is COc1ccccc1N1C(=O)c2ccc(C(=O)OCC(=O)c3ccccc3)cc2C1=O. The third-order valence-electron chi connectivity index (χ3n) is 4.88. The molecule has 0 saturated carbocycles. The zero-order valence-corrected chi connectivity index (χ0v) is 16.5. The molecule has 4 rings (SSSR count). The van der Waals surface area contributed by atoms with Crippen LogP contribution in [-0.4, -0.2) is 37.3 Å². The van der Waals surface area contributed by atoms with Crippen LogP contribution in [0.25, 0.3) is 0 Å². The molecule has 0 N–H and O–H groups in total. The highest BCUT2D eigenvalue weighted by molar-refractivity contribution is 6.35. The maximum atomic E-state index is 12.9. The van der Waals surface area contributed by atoms with Gasteiger partial charge in [0.25, 0.3) is 11.8 Å². The van der Waals surface area contributed by atoms with E-state index in [0.29, 0.717) is 17.0 Å². The van der Waals surface area contributed by atoms with Gasteiger partial charge in [-0.1, -0.05) is 42.5 Å². The van der Waals surface area contributed by atoms with Gasteiger partial charge in [-0.05, 0) is 30.3 Å². The van der Waals surface area contributed by atoms with E-state index in [-0.39, 0.29) is 22.5 Å². The highest BCUT2D eigenvalue weighted by Crippen LogP contribution is 2.34. The molecule has 2 amide bonds. The number of nitrogens with zero attached hydrogens (tertiary/aromatic N) is 1. The normalized spacial score (nSPS) is 12.5. The minimum Gasteiger partial charge on any atom is -0.495 e. The molecule has 0 aliphatic carbocycles. The summed E-state index contributed by atoms with van der Waals surface area (Å²) in [4.78, 5) is 51.3. The molecule has 7 heteroatoms. The largest absolute Gasteiger partial charge is 0.495 e. The van der Waals surface area contributed by atoms with Crippen LogP contribution in [0.4, 0.5) is 5.69 Å². The van der Waals surface area contributed by atoms with E-state index in [4.69, 9.17) is 9.47 Å². The van der Waals surface area contributed by atoms with Crippen LogP contribution in [0.1, 0.15) is 41.4 Å². The predicted octanol–water partition coefficient (Wildman–Crippen LogP) is 3.54. The average molecular weight is 415 g/mol. The Hall–Kier alpha value is -4.26. The van der Waals surface area contributed by atoms with E-state index in [9.17, 15) is 19.2 Å². The summed E-state index contributed by atoms with van der Waals surface area (Å²) in [6.45, 7) is -0.430. The number of fused-ring (bicyclic) bond motifs is 1. The Labute approximate surface area is 177 Å². The molecule has 0 radical (unpaired) electrons. The fourth-order valence-electron chi connectivity index (χ4n) is 3.32. The predicted molar refractivity (Wildman–Crippen MR) is 112 cm³/mol. The maximum absolute atomic E-state index is 12.9. The third kappa shape index (κ3) is 3.69. The number of Topliss-reactive ketones (excluding diaryl/α,β-unsaturated/α-hetero) is 1. The van der Waals surface area contributed by atoms with Gasteiger partial charge < -0.3 is 9.47 Å². The summed E-state index contributed by atoms with van der Waals surface area (Å²) in [5.41, 5.74) is 1.07. The first kappa shape index (κ1) is 20.0. The van der Waals surface area contributed by atoms with Gasteiger partial charge in [-0.2, -0.15) is 0 Å². The highest BCUT2D eigenvalue weighted by Gasteiger charge is 2.38. The molecule has 0 saturated heterocycles. The Kier molecular flexibility index (Phi) is 5.32. The Morgan fingerprint density at radius 2 is 1.48 bits per heavy atom. The quantitative estimate of drug-likeness (QED) is 0.348. The van der Waals surface area contributed by atoms with Crippen molar-refractivity contribution in [3.05, 3.63) is 95.1 Å². The van der Waals surface area contributed by atoms with Gasteiger partial charge in [-0.25, -0.2) is 9.69 Å². The van der Waals surface area contributed by atoms with Crippen molar-refractivity contribution in [2.24, 2.45) is 0 Å². The van der Waals surface area contributed by atoms with Gasteiger partial charge in [-0.3, -0.25) is 14.4 Å². The van der Waals surface area contributed by atoms with Crippen LogP contribution in [0.15, 0.2) is 72.8 Å². The molecule has 154 valence electrons. The summed E-state index contributed by atoms with van der Waals surface area (Å²) in [5, 5.41) is 0. The van der Waals surface area contributed by atoms with Gasteiger partial charge in [-0.15, -0.1) is 0 Å². The fraction of sp³-hybridized carbons (Fsp3) is 0.0833. The van der Waals surface area contributed by atoms with Crippen LogP contribution in [0.2, 0.25) is 0 Å². The van der Waals surface area contributed by atoms with E-state index < -0.39 is 24.4 Å². The highest BCUT2D eigenvalue weighted by atomic mass is 16.5. The Bertz CT molecular complexity index is 1200. The van der Waals surface area contributed by atoms with Crippen molar-refractivity contribution in [3.8, 4) is 5.75 Å².